The van der Waals surface area contributed by atoms with Gasteiger partial charge in [0.25, 0.3) is 0 Å². The van der Waals surface area contributed by atoms with Crippen LogP contribution in [-0.2, 0) is 6.54 Å². The van der Waals surface area contributed by atoms with Crippen LogP contribution in [0.1, 0.15) is 4.88 Å². The molecule has 0 radical (unpaired) electrons. The van der Waals surface area contributed by atoms with Crippen molar-refractivity contribution in [2.75, 3.05) is 11.9 Å². The molecule has 0 aliphatic rings. The van der Waals surface area contributed by atoms with Crippen molar-refractivity contribution in [1.29, 1.82) is 0 Å². The Balaban J connectivity index is 1.92. The van der Waals surface area contributed by atoms with Crippen LogP contribution >= 0.6 is 22.9 Å². The van der Waals surface area contributed by atoms with E-state index in [2.05, 4.69) is 15.0 Å². The van der Waals surface area contributed by atoms with Crippen LogP contribution < -0.4 is 10.1 Å². The van der Waals surface area contributed by atoms with Crippen molar-refractivity contribution < 1.29 is 17.9 Å². The average Bonchev–Trinajstić information content (AvgIpc) is 2.80. The van der Waals surface area contributed by atoms with Crippen LogP contribution in [0.2, 0.25) is 4.47 Å². The molecule has 20 heavy (non-hydrogen) atoms. The molecule has 0 amide bonds. The van der Waals surface area contributed by atoms with Crippen molar-refractivity contribution in [2.24, 2.45) is 0 Å². The summed E-state index contributed by atoms with van der Waals surface area (Å²) in [7, 11) is 0. The fourth-order valence-electron chi connectivity index (χ4n) is 1.42. The van der Waals surface area contributed by atoms with E-state index in [0.29, 0.717) is 16.7 Å². The molecule has 2 aromatic rings. The standard InChI is InChI=1S/C12H10ClF3N2OS/c13-11-18-6-10(20-11)5-17-8-2-1-3-9(4-8)19-7-12(14,15)16/h1-4,6,17H,5,7H2. The molecule has 0 saturated carbocycles. The molecule has 0 aliphatic carbocycles. The first kappa shape index (κ1) is 14.9. The summed E-state index contributed by atoms with van der Waals surface area (Å²) in [4.78, 5) is 4.82. The van der Waals surface area contributed by atoms with Gasteiger partial charge in [-0.05, 0) is 12.1 Å². The molecule has 1 N–H and O–H groups in total. The topological polar surface area (TPSA) is 34.1 Å². The zero-order valence-corrected chi connectivity index (χ0v) is 11.6. The Kier molecular flexibility index (Phi) is 4.72. The van der Waals surface area contributed by atoms with Gasteiger partial charge in [0.05, 0.1) is 6.54 Å². The molecule has 1 aromatic carbocycles. The number of anilines is 1. The Bertz CT molecular complexity index is 574. The van der Waals surface area contributed by atoms with Crippen LogP contribution in [0, 0.1) is 0 Å². The molecule has 0 unspecified atom stereocenters. The minimum Gasteiger partial charge on any atom is -0.484 e. The summed E-state index contributed by atoms with van der Waals surface area (Å²) in [6, 6.07) is 6.34. The molecule has 1 heterocycles. The number of benzene rings is 1. The Hall–Kier alpha value is -1.47. The van der Waals surface area contributed by atoms with Gasteiger partial charge in [-0.2, -0.15) is 13.2 Å². The van der Waals surface area contributed by atoms with Crippen LogP contribution in [-0.4, -0.2) is 17.8 Å². The zero-order valence-electron chi connectivity index (χ0n) is 10.1. The Morgan fingerprint density at radius 1 is 1.35 bits per heavy atom. The van der Waals surface area contributed by atoms with E-state index in [1.54, 1.807) is 18.3 Å². The number of thiazole rings is 1. The van der Waals surface area contributed by atoms with Crippen molar-refractivity contribution in [3.05, 3.63) is 39.8 Å². The van der Waals surface area contributed by atoms with Crippen LogP contribution in [0.5, 0.6) is 5.75 Å². The van der Waals surface area contributed by atoms with E-state index in [-0.39, 0.29) is 5.75 Å². The lowest BCUT2D eigenvalue weighted by atomic mass is 10.3. The van der Waals surface area contributed by atoms with Gasteiger partial charge >= 0.3 is 6.18 Å². The number of rotatable bonds is 5. The molecule has 108 valence electrons. The quantitative estimate of drug-likeness (QED) is 0.888. The summed E-state index contributed by atoms with van der Waals surface area (Å²) in [5, 5.41) is 3.06. The lowest BCUT2D eigenvalue weighted by Gasteiger charge is -2.11. The molecule has 8 heteroatoms. The van der Waals surface area contributed by atoms with Gasteiger partial charge in [0.2, 0.25) is 0 Å². The van der Waals surface area contributed by atoms with Gasteiger partial charge in [0, 0.05) is 22.8 Å². The first-order valence-corrected chi connectivity index (χ1v) is 6.75. The van der Waals surface area contributed by atoms with Gasteiger partial charge in [-0.25, -0.2) is 4.98 Å². The monoisotopic (exact) mass is 322 g/mol. The van der Waals surface area contributed by atoms with E-state index in [1.807, 2.05) is 0 Å². The summed E-state index contributed by atoms with van der Waals surface area (Å²) in [5.74, 6) is 0.162. The van der Waals surface area contributed by atoms with E-state index in [4.69, 9.17) is 11.6 Å². The lowest BCUT2D eigenvalue weighted by Crippen LogP contribution is -2.19. The van der Waals surface area contributed by atoms with Crippen LogP contribution in [0.4, 0.5) is 18.9 Å². The maximum absolute atomic E-state index is 12.1. The zero-order chi connectivity index (χ0) is 14.6. The summed E-state index contributed by atoms with van der Waals surface area (Å²) in [6.07, 6.45) is -2.70. The summed E-state index contributed by atoms with van der Waals surface area (Å²) < 4.78 is 41.3. The lowest BCUT2D eigenvalue weighted by molar-refractivity contribution is -0.153. The minimum absolute atomic E-state index is 0.162. The number of nitrogens with one attached hydrogen (secondary N) is 1. The molecule has 0 saturated heterocycles. The van der Waals surface area contributed by atoms with Gasteiger partial charge < -0.3 is 10.1 Å². The Morgan fingerprint density at radius 3 is 2.80 bits per heavy atom. The highest BCUT2D eigenvalue weighted by molar-refractivity contribution is 7.15. The molecular weight excluding hydrogens is 313 g/mol. The van der Waals surface area contributed by atoms with E-state index >= 15 is 0 Å². The number of hydrogen-bond acceptors (Lipinski definition) is 4. The third kappa shape index (κ3) is 4.90. The SMILES string of the molecule is FC(F)(F)COc1cccc(NCc2cnc(Cl)s2)c1. The number of hydrogen-bond donors (Lipinski definition) is 1. The summed E-state index contributed by atoms with van der Waals surface area (Å²) in [5.41, 5.74) is 0.661. The number of nitrogens with zero attached hydrogens (tertiary/aromatic N) is 1. The van der Waals surface area contributed by atoms with Gasteiger partial charge in [-0.3, -0.25) is 0 Å². The van der Waals surface area contributed by atoms with Crippen molar-refractivity contribution in [3.8, 4) is 5.75 Å². The van der Waals surface area contributed by atoms with Gasteiger partial charge in [-0.15, -0.1) is 11.3 Å². The summed E-state index contributed by atoms with van der Waals surface area (Å²) in [6.45, 7) is -0.811. The van der Waals surface area contributed by atoms with Crippen molar-refractivity contribution in [3.63, 3.8) is 0 Å². The molecule has 0 bridgehead atoms. The number of ether oxygens (including phenoxy) is 1. The second-order valence-electron chi connectivity index (χ2n) is 3.86. The normalized spacial score (nSPS) is 11.4. The fraction of sp³-hybridized carbons (Fsp3) is 0.250. The van der Waals surface area contributed by atoms with E-state index < -0.39 is 12.8 Å². The van der Waals surface area contributed by atoms with Crippen molar-refractivity contribution in [1.82, 2.24) is 4.98 Å². The predicted molar refractivity (Wildman–Crippen MR) is 72.4 cm³/mol. The highest BCUT2D eigenvalue weighted by Gasteiger charge is 2.28. The van der Waals surface area contributed by atoms with E-state index in [9.17, 15) is 13.2 Å². The highest BCUT2D eigenvalue weighted by atomic mass is 35.5. The molecule has 0 aliphatic heterocycles. The van der Waals surface area contributed by atoms with E-state index in [1.165, 1.54) is 23.5 Å². The predicted octanol–water partition coefficient (Wildman–Crippen LogP) is 4.35. The molecular formula is C12H10ClF3N2OS. The Labute approximate surface area is 122 Å². The Morgan fingerprint density at radius 2 is 2.15 bits per heavy atom. The number of aromatic nitrogens is 1. The maximum atomic E-state index is 12.1. The molecule has 0 fully saturated rings. The van der Waals surface area contributed by atoms with Gasteiger partial charge in [0.15, 0.2) is 11.1 Å². The highest BCUT2D eigenvalue weighted by Crippen LogP contribution is 2.23. The third-order valence-corrected chi connectivity index (χ3v) is 3.34. The van der Waals surface area contributed by atoms with Crippen molar-refractivity contribution in [2.45, 2.75) is 12.7 Å². The average molecular weight is 323 g/mol. The molecule has 2 rings (SSSR count). The largest absolute Gasteiger partial charge is 0.484 e. The molecule has 0 atom stereocenters. The van der Waals surface area contributed by atoms with Gasteiger partial charge in [0.1, 0.15) is 5.75 Å². The third-order valence-electron chi connectivity index (χ3n) is 2.23. The first-order chi connectivity index (χ1) is 9.42. The number of alkyl halides is 3. The van der Waals surface area contributed by atoms with E-state index in [0.717, 1.165) is 4.88 Å². The second-order valence-corrected chi connectivity index (χ2v) is 5.56. The smallest absolute Gasteiger partial charge is 0.422 e. The summed E-state index contributed by atoms with van der Waals surface area (Å²) >= 11 is 7.04. The fourth-order valence-corrected chi connectivity index (χ4v) is 2.33. The van der Waals surface area contributed by atoms with Crippen molar-refractivity contribution >= 4 is 28.6 Å². The molecule has 0 spiro atoms. The second kappa shape index (κ2) is 6.32. The van der Waals surface area contributed by atoms with Crippen LogP contribution in [0.25, 0.3) is 0 Å². The van der Waals surface area contributed by atoms with Crippen LogP contribution in [0.3, 0.4) is 0 Å². The molecule has 1 aromatic heterocycles. The number of halogens is 4. The maximum Gasteiger partial charge on any atom is 0.422 e. The minimum atomic E-state index is -4.34. The first-order valence-electron chi connectivity index (χ1n) is 5.56. The van der Waals surface area contributed by atoms with Gasteiger partial charge in [-0.1, -0.05) is 17.7 Å². The van der Waals surface area contributed by atoms with Crippen LogP contribution in [0.15, 0.2) is 30.5 Å². The molecule has 3 nitrogen and oxygen atoms in total.